The first-order chi connectivity index (χ1) is 7.58. The first-order valence-corrected chi connectivity index (χ1v) is 5.50. The first kappa shape index (κ1) is 11.4. The van der Waals surface area contributed by atoms with Crippen molar-refractivity contribution in [2.75, 3.05) is 11.4 Å². The van der Waals surface area contributed by atoms with Gasteiger partial charge in [0.25, 0.3) is 0 Å². The van der Waals surface area contributed by atoms with Crippen LogP contribution in [0.15, 0.2) is 6.07 Å². The second kappa shape index (κ2) is 4.43. The Hall–Kier alpha value is -1.07. The third kappa shape index (κ3) is 2.54. The Morgan fingerprint density at radius 2 is 2.19 bits per heavy atom. The van der Waals surface area contributed by atoms with Crippen LogP contribution in [0.4, 0.5) is 5.69 Å². The molecule has 1 aliphatic carbocycles. The number of carboxylic acids is 1. The molecule has 0 spiro atoms. The molecule has 1 N–H and O–H groups in total. The highest BCUT2D eigenvalue weighted by atomic mass is 35.5. The van der Waals surface area contributed by atoms with Crippen LogP contribution in [0.3, 0.4) is 0 Å². The molecule has 2 rings (SSSR count). The predicted octanol–water partition coefficient (Wildman–Crippen LogP) is 1.84. The summed E-state index contributed by atoms with van der Waals surface area (Å²) < 4.78 is 0. The van der Waals surface area contributed by atoms with E-state index in [4.69, 9.17) is 28.3 Å². The number of anilines is 1. The summed E-state index contributed by atoms with van der Waals surface area (Å²) in [6.07, 6.45) is 1.92. The van der Waals surface area contributed by atoms with Gasteiger partial charge in [-0.3, -0.25) is 4.79 Å². The number of halogens is 2. The van der Waals surface area contributed by atoms with Crippen molar-refractivity contribution in [3.05, 3.63) is 16.4 Å². The molecule has 0 saturated heterocycles. The maximum Gasteiger partial charge on any atom is 0.323 e. The van der Waals surface area contributed by atoms with Crippen molar-refractivity contribution < 1.29 is 9.90 Å². The molecule has 1 fully saturated rings. The third-order valence-corrected chi connectivity index (χ3v) is 2.76. The van der Waals surface area contributed by atoms with Gasteiger partial charge in [-0.1, -0.05) is 23.2 Å². The lowest BCUT2D eigenvalue weighted by molar-refractivity contribution is -0.135. The average Bonchev–Trinajstić information content (AvgIpc) is 3.02. The number of hydrogen-bond acceptors (Lipinski definition) is 4. The van der Waals surface area contributed by atoms with Gasteiger partial charge in [0.1, 0.15) is 6.54 Å². The molecular formula is C9H9Cl2N3O2. The highest BCUT2D eigenvalue weighted by molar-refractivity contribution is 6.33. The highest BCUT2D eigenvalue weighted by Crippen LogP contribution is 2.35. The average molecular weight is 262 g/mol. The molecule has 0 aliphatic heterocycles. The van der Waals surface area contributed by atoms with E-state index in [1.807, 2.05) is 0 Å². The summed E-state index contributed by atoms with van der Waals surface area (Å²) in [4.78, 5) is 12.5. The lowest BCUT2D eigenvalue weighted by Gasteiger charge is -2.22. The van der Waals surface area contributed by atoms with Crippen LogP contribution < -0.4 is 4.90 Å². The maximum absolute atomic E-state index is 10.8. The molecule has 0 atom stereocenters. The normalized spacial score (nSPS) is 14.9. The summed E-state index contributed by atoms with van der Waals surface area (Å²) in [6.45, 7) is -0.105. The fourth-order valence-corrected chi connectivity index (χ4v) is 1.83. The smallest absolute Gasteiger partial charge is 0.323 e. The second-order valence-electron chi connectivity index (χ2n) is 3.60. The van der Waals surface area contributed by atoms with Crippen LogP contribution in [0, 0.1) is 0 Å². The van der Waals surface area contributed by atoms with Crippen molar-refractivity contribution in [1.82, 2.24) is 10.2 Å². The molecular weight excluding hydrogens is 253 g/mol. The quantitative estimate of drug-likeness (QED) is 0.896. The lowest BCUT2D eigenvalue weighted by atomic mass is 10.3. The van der Waals surface area contributed by atoms with Crippen LogP contribution in [0.1, 0.15) is 12.8 Å². The molecule has 1 aliphatic rings. The molecule has 1 aromatic heterocycles. The second-order valence-corrected chi connectivity index (χ2v) is 4.34. The standard InChI is InChI=1S/C9H9Cl2N3O2/c10-7-3-6(9(11)13-12-7)14(4-8(15)16)5-1-2-5/h3,5H,1-2,4H2,(H,15,16). The zero-order valence-corrected chi connectivity index (χ0v) is 9.74. The number of rotatable bonds is 4. The van der Waals surface area contributed by atoms with Crippen LogP contribution in [0.25, 0.3) is 0 Å². The number of aliphatic carboxylic acids is 1. The van der Waals surface area contributed by atoms with Crippen LogP contribution in [0.5, 0.6) is 0 Å². The topological polar surface area (TPSA) is 66.3 Å². The first-order valence-electron chi connectivity index (χ1n) is 4.75. The summed E-state index contributed by atoms with van der Waals surface area (Å²) in [5, 5.41) is 16.5. The molecule has 7 heteroatoms. The van der Waals surface area contributed by atoms with E-state index < -0.39 is 5.97 Å². The van der Waals surface area contributed by atoms with Gasteiger partial charge in [-0.15, -0.1) is 10.2 Å². The third-order valence-electron chi connectivity index (χ3n) is 2.30. The fraction of sp³-hybridized carbons (Fsp3) is 0.444. The van der Waals surface area contributed by atoms with Crippen LogP contribution in [0.2, 0.25) is 10.3 Å². The maximum atomic E-state index is 10.8. The minimum atomic E-state index is -0.907. The van der Waals surface area contributed by atoms with Crippen molar-refractivity contribution in [3.8, 4) is 0 Å². The number of aromatic nitrogens is 2. The number of carbonyl (C=O) groups is 1. The van der Waals surface area contributed by atoms with E-state index in [0.29, 0.717) is 5.69 Å². The largest absolute Gasteiger partial charge is 0.480 e. The van der Waals surface area contributed by atoms with Crippen LogP contribution >= 0.6 is 23.2 Å². The minimum Gasteiger partial charge on any atom is -0.480 e. The van der Waals surface area contributed by atoms with E-state index in [0.717, 1.165) is 12.8 Å². The van der Waals surface area contributed by atoms with E-state index in [-0.39, 0.29) is 22.9 Å². The monoisotopic (exact) mass is 261 g/mol. The van der Waals surface area contributed by atoms with Gasteiger partial charge >= 0.3 is 5.97 Å². The van der Waals surface area contributed by atoms with Gasteiger partial charge in [-0.05, 0) is 12.8 Å². The zero-order chi connectivity index (χ0) is 11.7. The summed E-state index contributed by atoms with van der Waals surface area (Å²) in [7, 11) is 0. The lowest BCUT2D eigenvalue weighted by Crippen LogP contribution is -2.32. The van der Waals surface area contributed by atoms with Crippen molar-refractivity contribution in [3.63, 3.8) is 0 Å². The number of carboxylic acid groups (broad SMARTS) is 1. The van der Waals surface area contributed by atoms with Gasteiger partial charge in [0, 0.05) is 12.1 Å². The Kier molecular flexibility index (Phi) is 3.16. The highest BCUT2D eigenvalue weighted by Gasteiger charge is 2.32. The van der Waals surface area contributed by atoms with Crippen LogP contribution in [-0.2, 0) is 4.79 Å². The van der Waals surface area contributed by atoms with E-state index >= 15 is 0 Å². The Labute approximate surface area is 102 Å². The molecule has 16 heavy (non-hydrogen) atoms. The fourth-order valence-electron chi connectivity index (χ4n) is 1.49. The minimum absolute atomic E-state index is 0.105. The van der Waals surface area contributed by atoms with E-state index in [2.05, 4.69) is 10.2 Å². The Balaban J connectivity index is 2.30. The SMILES string of the molecule is O=C(O)CN(c1cc(Cl)nnc1Cl)C1CC1. The molecule has 0 amide bonds. The van der Waals surface area contributed by atoms with Gasteiger partial charge in [0.05, 0.1) is 5.69 Å². The van der Waals surface area contributed by atoms with Crippen LogP contribution in [-0.4, -0.2) is 33.9 Å². The zero-order valence-electron chi connectivity index (χ0n) is 8.23. The van der Waals surface area contributed by atoms with Gasteiger partial charge in [0.15, 0.2) is 10.3 Å². The van der Waals surface area contributed by atoms with Crippen molar-refractivity contribution in [1.29, 1.82) is 0 Å². The van der Waals surface area contributed by atoms with Crippen molar-refractivity contribution in [2.45, 2.75) is 18.9 Å². The number of hydrogen-bond donors (Lipinski definition) is 1. The van der Waals surface area contributed by atoms with Crippen molar-refractivity contribution in [2.24, 2.45) is 0 Å². The molecule has 5 nitrogen and oxygen atoms in total. The molecule has 0 unspecified atom stereocenters. The molecule has 1 heterocycles. The van der Waals surface area contributed by atoms with Crippen molar-refractivity contribution >= 4 is 34.9 Å². The Bertz CT molecular complexity index is 423. The summed E-state index contributed by atoms with van der Waals surface area (Å²) in [5.74, 6) is -0.907. The van der Waals surface area contributed by atoms with E-state index in [1.54, 1.807) is 4.90 Å². The summed E-state index contributed by atoms with van der Waals surface area (Å²) >= 11 is 11.6. The molecule has 86 valence electrons. The van der Waals surface area contributed by atoms with Gasteiger partial charge in [-0.25, -0.2) is 0 Å². The Morgan fingerprint density at radius 3 is 2.75 bits per heavy atom. The summed E-state index contributed by atoms with van der Waals surface area (Å²) in [5.41, 5.74) is 0.534. The molecule has 0 aromatic carbocycles. The number of nitrogens with zero attached hydrogens (tertiary/aromatic N) is 3. The van der Waals surface area contributed by atoms with E-state index in [1.165, 1.54) is 6.07 Å². The van der Waals surface area contributed by atoms with Gasteiger partial charge in [-0.2, -0.15) is 0 Å². The molecule has 1 aromatic rings. The summed E-state index contributed by atoms with van der Waals surface area (Å²) in [6, 6.07) is 1.76. The molecule has 0 radical (unpaired) electrons. The van der Waals surface area contributed by atoms with E-state index in [9.17, 15) is 4.79 Å². The van der Waals surface area contributed by atoms with Gasteiger partial charge in [0.2, 0.25) is 0 Å². The molecule has 0 bridgehead atoms. The predicted molar refractivity (Wildman–Crippen MR) is 60.1 cm³/mol. The Morgan fingerprint density at radius 1 is 1.50 bits per heavy atom. The molecule has 1 saturated carbocycles. The van der Waals surface area contributed by atoms with Gasteiger partial charge < -0.3 is 10.0 Å².